The summed E-state index contributed by atoms with van der Waals surface area (Å²) in [5, 5.41) is 12.3. The maximum absolute atomic E-state index is 13.2. The van der Waals surface area contributed by atoms with Crippen molar-refractivity contribution in [3.63, 3.8) is 0 Å². The molecule has 0 fully saturated rings. The van der Waals surface area contributed by atoms with Crippen LogP contribution in [0, 0.1) is 16.7 Å². The van der Waals surface area contributed by atoms with Crippen molar-refractivity contribution < 1.29 is 9.53 Å². The van der Waals surface area contributed by atoms with Gasteiger partial charge in [0.1, 0.15) is 17.4 Å². The number of anilines is 1. The summed E-state index contributed by atoms with van der Waals surface area (Å²) in [6.45, 7) is 12.2. The van der Waals surface area contributed by atoms with Crippen LogP contribution in [0.15, 0.2) is 29.0 Å². The number of nitriles is 1. The van der Waals surface area contributed by atoms with Crippen LogP contribution in [0.5, 0.6) is 0 Å². The normalized spacial score (nSPS) is 15.6. The molecule has 2 aromatic rings. The van der Waals surface area contributed by atoms with Gasteiger partial charge in [0.2, 0.25) is 5.82 Å². The van der Waals surface area contributed by atoms with Gasteiger partial charge in [-0.2, -0.15) is 5.26 Å². The van der Waals surface area contributed by atoms with Crippen molar-refractivity contribution >= 4 is 41.2 Å². The van der Waals surface area contributed by atoms with Gasteiger partial charge in [-0.15, -0.1) is 0 Å². The Morgan fingerprint density at radius 2 is 2.09 bits per heavy atom. The van der Waals surface area contributed by atoms with Crippen molar-refractivity contribution in [2.45, 2.75) is 65.5 Å². The van der Waals surface area contributed by atoms with Crippen molar-refractivity contribution in [1.29, 1.82) is 5.26 Å². The number of carbonyl (C=O) groups excluding carboxylic acids is 1. The highest BCUT2D eigenvalue weighted by Gasteiger charge is 2.25. The highest BCUT2D eigenvalue weighted by Crippen LogP contribution is 2.39. The molecule has 176 valence electrons. The summed E-state index contributed by atoms with van der Waals surface area (Å²) in [6, 6.07) is 6.68. The molecule has 0 atom stereocenters. The standard InChI is InChI=1S/C24H32BrN5O2Si/c1-24(2)10-8-17(9-11-24)21-19(6-7-20(25)29-21)28-23(31)22-27-18(14-26)15-30(22)16-32-12-13-33(3,4)5/h6-8,15H,9-13,16H2,1-5H3,(H,28,31). The molecule has 2 heterocycles. The molecule has 0 radical (unpaired) electrons. The third kappa shape index (κ3) is 7.10. The Balaban J connectivity index is 1.80. The molecular formula is C24H32BrN5O2Si. The minimum Gasteiger partial charge on any atom is -0.361 e. The number of imidazole rings is 1. The monoisotopic (exact) mass is 529 g/mol. The summed E-state index contributed by atoms with van der Waals surface area (Å²) in [4.78, 5) is 22.0. The number of rotatable bonds is 8. The minimum absolute atomic E-state index is 0.146. The predicted octanol–water partition coefficient (Wildman–Crippen LogP) is 6.07. The number of pyridine rings is 1. The third-order valence-corrected chi connectivity index (χ3v) is 7.85. The Morgan fingerprint density at radius 1 is 1.33 bits per heavy atom. The summed E-state index contributed by atoms with van der Waals surface area (Å²) in [5.74, 6) is -0.250. The summed E-state index contributed by atoms with van der Waals surface area (Å²) >= 11 is 3.45. The van der Waals surface area contributed by atoms with E-state index in [0.29, 0.717) is 16.9 Å². The van der Waals surface area contributed by atoms with Crippen LogP contribution < -0.4 is 5.32 Å². The lowest BCUT2D eigenvalue weighted by Crippen LogP contribution is -2.23. The lowest BCUT2D eigenvalue weighted by Gasteiger charge is -2.29. The highest BCUT2D eigenvalue weighted by atomic mass is 79.9. The smallest absolute Gasteiger partial charge is 0.291 e. The molecule has 1 N–H and O–H groups in total. The van der Waals surface area contributed by atoms with Crippen molar-refractivity contribution in [3.05, 3.63) is 46.2 Å². The van der Waals surface area contributed by atoms with Gasteiger partial charge < -0.3 is 14.6 Å². The van der Waals surface area contributed by atoms with E-state index in [4.69, 9.17) is 4.74 Å². The molecule has 1 aliphatic rings. The fourth-order valence-electron chi connectivity index (χ4n) is 3.54. The Kier molecular flexibility index (Phi) is 7.93. The number of nitrogens with one attached hydrogen (secondary N) is 1. The third-order valence-electron chi connectivity index (χ3n) is 5.71. The number of halogens is 1. The number of carbonyl (C=O) groups is 1. The quantitative estimate of drug-likeness (QED) is 0.254. The lowest BCUT2D eigenvalue weighted by molar-refractivity contribution is 0.0808. The molecule has 0 bridgehead atoms. The van der Waals surface area contributed by atoms with Gasteiger partial charge in [-0.05, 0) is 64.4 Å². The maximum atomic E-state index is 13.2. The zero-order valence-corrected chi connectivity index (χ0v) is 22.6. The Labute approximate surface area is 205 Å². The highest BCUT2D eigenvalue weighted by molar-refractivity contribution is 9.10. The molecule has 2 aromatic heterocycles. The van der Waals surface area contributed by atoms with Crippen LogP contribution in [0.1, 0.15) is 55.1 Å². The second kappa shape index (κ2) is 10.3. The Morgan fingerprint density at radius 3 is 2.73 bits per heavy atom. The van der Waals surface area contributed by atoms with Crippen LogP contribution >= 0.6 is 15.9 Å². The van der Waals surface area contributed by atoms with E-state index in [9.17, 15) is 10.1 Å². The molecule has 7 nitrogen and oxygen atoms in total. The van der Waals surface area contributed by atoms with Crippen LogP contribution in [0.2, 0.25) is 25.7 Å². The van der Waals surface area contributed by atoms with E-state index in [1.165, 1.54) is 0 Å². The molecule has 0 spiro atoms. The zero-order valence-electron chi connectivity index (χ0n) is 20.0. The SMILES string of the molecule is CC1(C)CC=C(c2nc(Br)ccc2NC(=O)c2nc(C#N)cn2COCC[Si](C)(C)C)CC1. The van der Waals surface area contributed by atoms with E-state index >= 15 is 0 Å². The van der Waals surface area contributed by atoms with Gasteiger partial charge in [0.05, 0.1) is 11.4 Å². The number of allylic oxidation sites excluding steroid dienone is 2. The maximum Gasteiger partial charge on any atom is 0.291 e. The average molecular weight is 531 g/mol. The second-order valence-electron chi connectivity index (χ2n) is 10.5. The van der Waals surface area contributed by atoms with E-state index in [0.717, 1.165) is 36.6 Å². The molecule has 0 saturated carbocycles. The van der Waals surface area contributed by atoms with Crippen LogP contribution in [-0.2, 0) is 11.5 Å². The van der Waals surface area contributed by atoms with Crippen molar-refractivity contribution in [3.8, 4) is 6.07 Å². The van der Waals surface area contributed by atoms with E-state index in [-0.39, 0.29) is 23.7 Å². The Hall–Kier alpha value is -2.28. The van der Waals surface area contributed by atoms with Gasteiger partial charge in [-0.3, -0.25) is 4.79 Å². The molecule has 1 amide bonds. The number of aromatic nitrogens is 3. The fourth-order valence-corrected chi connectivity index (χ4v) is 4.61. The van der Waals surface area contributed by atoms with Crippen molar-refractivity contribution in [2.75, 3.05) is 11.9 Å². The van der Waals surface area contributed by atoms with E-state index < -0.39 is 14.0 Å². The number of hydrogen-bond donors (Lipinski definition) is 1. The van der Waals surface area contributed by atoms with Crippen molar-refractivity contribution in [2.24, 2.45) is 5.41 Å². The summed E-state index contributed by atoms with van der Waals surface area (Å²) in [7, 11) is -1.22. The first-order chi connectivity index (χ1) is 15.5. The summed E-state index contributed by atoms with van der Waals surface area (Å²) < 4.78 is 8.09. The largest absolute Gasteiger partial charge is 0.361 e. The van der Waals surface area contributed by atoms with Crippen molar-refractivity contribution in [1.82, 2.24) is 14.5 Å². The van der Waals surface area contributed by atoms with E-state index in [1.54, 1.807) is 16.8 Å². The van der Waals surface area contributed by atoms with Gasteiger partial charge in [-0.1, -0.05) is 39.6 Å². The molecule has 0 unspecified atom stereocenters. The van der Waals surface area contributed by atoms with Gasteiger partial charge in [0, 0.05) is 20.9 Å². The predicted molar refractivity (Wildman–Crippen MR) is 137 cm³/mol. The van der Waals surface area contributed by atoms with E-state index in [2.05, 4.69) is 70.8 Å². The van der Waals surface area contributed by atoms with Gasteiger partial charge in [0.25, 0.3) is 5.91 Å². The summed E-state index contributed by atoms with van der Waals surface area (Å²) in [5.41, 5.74) is 2.97. The number of ether oxygens (including phenoxy) is 1. The summed E-state index contributed by atoms with van der Waals surface area (Å²) in [6.07, 6.45) is 6.70. The Bertz CT molecular complexity index is 1100. The second-order valence-corrected chi connectivity index (χ2v) is 16.9. The fraction of sp³-hybridized carbons (Fsp3) is 0.500. The lowest BCUT2D eigenvalue weighted by atomic mass is 9.77. The zero-order chi connectivity index (χ0) is 24.2. The molecule has 33 heavy (non-hydrogen) atoms. The van der Waals surface area contributed by atoms with Gasteiger partial charge in [-0.25, -0.2) is 9.97 Å². The minimum atomic E-state index is -1.22. The van der Waals surface area contributed by atoms with Gasteiger partial charge in [0.15, 0.2) is 5.69 Å². The average Bonchev–Trinajstić information content (AvgIpc) is 3.15. The molecule has 0 saturated heterocycles. The van der Waals surface area contributed by atoms with Crippen LogP contribution in [0.4, 0.5) is 5.69 Å². The molecule has 1 aliphatic carbocycles. The first kappa shape index (κ1) is 25.3. The number of nitrogens with zero attached hydrogens (tertiary/aromatic N) is 4. The van der Waals surface area contributed by atoms with E-state index in [1.807, 2.05) is 12.1 Å². The van der Waals surface area contributed by atoms with Crippen LogP contribution in [0.3, 0.4) is 0 Å². The number of amides is 1. The molecular weight excluding hydrogens is 498 g/mol. The molecule has 3 rings (SSSR count). The first-order valence-corrected chi connectivity index (χ1v) is 15.7. The topological polar surface area (TPSA) is 92.8 Å². The molecule has 0 aliphatic heterocycles. The molecule has 0 aromatic carbocycles. The molecule has 9 heteroatoms. The first-order valence-electron chi connectivity index (χ1n) is 11.2. The van der Waals surface area contributed by atoms with Gasteiger partial charge >= 0.3 is 0 Å². The number of hydrogen-bond acceptors (Lipinski definition) is 5. The van der Waals surface area contributed by atoms with Crippen LogP contribution in [-0.4, -0.2) is 35.1 Å². The van der Waals surface area contributed by atoms with Crippen LogP contribution in [0.25, 0.3) is 5.57 Å².